The summed E-state index contributed by atoms with van der Waals surface area (Å²) in [5.74, 6) is 3.51. The van der Waals surface area contributed by atoms with Gasteiger partial charge in [-0.1, -0.05) is 42.5 Å². The third-order valence-corrected chi connectivity index (χ3v) is 6.14. The molecule has 5 atom stereocenters. The molecule has 0 heterocycles. The number of aliphatic hydroxyl groups excluding tert-OH is 1. The summed E-state index contributed by atoms with van der Waals surface area (Å²) in [5.41, 5.74) is 1.14. The van der Waals surface area contributed by atoms with Crippen LogP contribution in [0.15, 0.2) is 36.4 Å². The van der Waals surface area contributed by atoms with Crippen molar-refractivity contribution in [3.63, 3.8) is 0 Å². The largest absolute Gasteiger partial charge is 0.395 e. The van der Waals surface area contributed by atoms with Gasteiger partial charge in [-0.05, 0) is 48.5 Å². The second-order valence-corrected chi connectivity index (χ2v) is 7.33. The Bertz CT molecular complexity index is 581. The number of hydrogen-bond donors (Lipinski definition) is 1. The van der Waals surface area contributed by atoms with Crippen molar-refractivity contribution in [2.24, 2.45) is 29.6 Å². The summed E-state index contributed by atoms with van der Waals surface area (Å²) >= 11 is 0. The van der Waals surface area contributed by atoms with E-state index in [9.17, 15) is 9.90 Å². The van der Waals surface area contributed by atoms with Crippen molar-refractivity contribution in [2.75, 3.05) is 19.7 Å². The lowest BCUT2D eigenvalue weighted by Crippen LogP contribution is -2.36. The van der Waals surface area contributed by atoms with Crippen LogP contribution in [0.5, 0.6) is 0 Å². The minimum absolute atomic E-state index is 0.0415. The summed E-state index contributed by atoms with van der Waals surface area (Å²) in [6.07, 6.45) is 8.13. The average Bonchev–Trinajstić information content (AvgIpc) is 3.01. The second-order valence-electron chi connectivity index (χ2n) is 7.33. The Morgan fingerprint density at radius 1 is 1.17 bits per heavy atom. The smallest absolute Gasteiger partial charge is 0.226 e. The van der Waals surface area contributed by atoms with E-state index in [1.54, 1.807) is 0 Å². The quantitative estimate of drug-likeness (QED) is 0.877. The Kier molecular flexibility index (Phi) is 3.98. The van der Waals surface area contributed by atoms with E-state index in [0.717, 1.165) is 17.4 Å². The van der Waals surface area contributed by atoms with Gasteiger partial charge in [0.2, 0.25) is 5.91 Å². The zero-order valence-corrected chi connectivity index (χ0v) is 13.5. The van der Waals surface area contributed by atoms with E-state index in [0.29, 0.717) is 24.9 Å². The van der Waals surface area contributed by atoms with Crippen LogP contribution in [-0.2, 0) is 4.79 Å². The van der Waals surface area contributed by atoms with Crippen LogP contribution >= 0.6 is 0 Å². The van der Waals surface area contributed by atoms with Crippen LogP contribution in [0.4, 0.5) is 0 Å². The highest BCUT2D eigenvalue weighted by Gasteiger charge is 2.67. The molecular weight excluding hydrogens is 286 g/mol. The highest BCUT2D eigenvalue weighted by atomic mass is 16.3. The summed E-state index contributed by atoms with van der Waals surface area (Å²) in [6, 6.07) is 10.1. The molecule has 122 valence electrons. The van der Waals surface area contributed by atoms with Gasteiger partial charge >= 0.3 is 0 Å². The van der Waals surface area contributed by atoms with Gasteiger partial charge in [0.1, 0.15) is 0 Å². The number of hydrogen-bond acceptors (Lipinski definition) is 2. The molecule has 1 N–H and O–H groups in total. The molecule has 2 bridgehead atoms. The monoisotopic (exact) mass is 311 g/mol. The predicted molar refractivity (Wildman–Crippen MR) is 90.4 cm³/mol. The lowest BCUT2D eigenvalue weighted by atomic mass is 10.0. The highest BCUT2D eigenvalue weighted by molar-refractivity contribution is 5.83. The molecule has 3 aliphatic carbocycles. The second kappa shape index (κ2) is 6.12. The van der Waals surface area contributed by atoms with Gasteiger partial charge in [-0.2, -0.15) is 0 Å². The highest BCUT2D eigenvalue weighted by Crippen LogP contribution is 2.69. The molecule has 0 saturated heterocycles. The standard InChI is InChI=1S/C20H25NO2/c22-12-11-21(10-4-7-14-5-2-1-3-6-14)20(23)19-17-15-8-9-16(13-15)18(17)19/h1-7,15-19,22H,8-13H2/b7-4+/t15-,16+,17+,18-,19?. The van der Waals surface area contributed by atoms with Gasteiger partial charge in [0.05, 0.1) is 6.61 Å². The van der Waals surface area contributed by atoms with E-state index in [1.165, 1.54) is 19.3 Å². The number of aliphatic hydroxyl groups is 1. The third kappa shape index (κ3) is 2.72. The lowest BCUT2D eigenvalue weighted by molar-refractivity contribution is -0.133. The SMILES string of the molecule is O=C(C1[C@@H]2[C@H]3CC[C@H](C3)[C@H]12)N(C/C=C/c1ccccc1)CCO. The van der Waals surface area contributed by atoms with Gasteiger partial charge in [-0.15, -0.1) is 0 Å². The molecule has 0 aromatic heterocycles. The molecule has 0 radical (unpaired) electrons. The summed E-state index contributed by atoms with van der Waals surface area (Å²) in [7, 11) is 0. The zero-order valence-electron chi connectivity index (χ0n) is 13.5. The normalized spacial score (nSPS) is 33.9. The molecule has 1 aromatic carbocycles. The van der Waals surface area contributed by atoms with Gasteiger partial charge < -0.3 is 10.0 Å². The van der Waals surface area contributed by atoms with Crippen LogP contribution in [0.2, 0.25) is 0 Å². The van der Waals surface area contributed by atoms with Crippen molar-refractivity contribution in [1.82, 2.24) is 4.90 Å². The number of carbonyl (C=O) groups excluding carboxylic acids is 1. The summed E-state index contributed by atoms with van der Waals surface area (Å²) in [6.45, 7) is 1.09. The van der Waals surface area contributed by atoms with Crippen molar-refractivity contribution >= 4 is 12.0 Å². The molecule has 3 saturated carbocycles. The number of rotatable bonds is 6. The molecule has 0 aliphatic heterocycles. The number of nitrogens with zero attached hydrogens (tertiary/aromatic N) is 1. The Labute approximate surface area is 138 Å². The van der Waals surface area contributed by atoms with E-state index in [4.69, 9.17) is 0 Å². The summed E-state index contributed by atoms with van der Waals surface area (Å²) in [4.78, 5) is 14.7. The Morgan fingerprint density at radius 2 is 1.87 bits per heavy atom. The Morgan fingerprint density at radius 3 is 2.52 bits per heavy atom. The van der Waals surface area contributed by atoms with Crippen molar-refractivity contribution in [3.05, 3.63) is 42.0 Å². The van der Waals surface area contributed by atoms with Crippen molar-refractivity contribution in [3.8, 4) is 0 Å². The van der Waals surface area contributed by atoms with Gasteiger partial charge in [-0.25, -0.2) is 0 Å². The number of benzene rings is 1. The third-order valence-electron chi connectivity index (χ3n) is 6.14. The first-order chi connectivity index (χ1) is 11.3. The molecule has 3 aliphatic rings. The van der Waals surface area contributed by atoms with Crippen molar-refractivity contribution in [1.29, 1.82) is 0 Å². The maximum Gasteiger partial charge on any atom is 0.226 e. The molecule has 4 rings (SSSR count). The minimum atomic E-state index is 0.0415. The fourth-order valence-electron chi connectivity index (χ4n) is 5.16. The minimum Gasteiger partial charge on any atom is -0.395 e. The number of amides is 1. The first-order valence-corrected chi connectivity index (χ1v) is 8.91. The Hall–Kier alpha value is -1.61. The van der Waals surface area contributed by atoms with E-state index in [1.807, 2.05) is 29.2 Å². The molecule has 3 fully saturated rings. The molecule has 23 heavy (non-hydrogen) atoms. The van der Waals surface area contributed by atoms with E-state index in [-0.39, 0.29) is 18.4 Å². The predicted octanol–water partition coefficient (Wildman–Crippen LogP) is 2.81. The number of carbonyl (C=O) groups is 1. The summed E-state index contributed by atoms with van der Waals surface area (Å²) in [5, 5.41) is 9.31. The van der Waals surface area contributed by atoms with Crippen LogP contribution in [0.3, 0.4) is 0 Å². The maximum absolute atomic E-state index is 12.9. The molecule has 3 nitrogen and oxygen atoms in total. The van der Waals surface area contributed by atoms with Gasteiger partial charge in [0.15, 0.2) is 0 Å². The van der Waals surface area contributed by atoms with Gasteiger partial charge in [0, 0.05) is 19.0 Å². The lowest BCUT2D eigenvalue weighted by Gasteiger charge is -2.22. The molecule has 3 heteroatoms. The molecule has 1 unspecified atom stereocenters. The fraction of sp³-hybridized carbons (Fsp3) is 0.550. The first-order valence-electron chi connectivity index (χ1n) is 8.91. The van der Waals surface area contributed by atoms with Crippen LogP contribution in [0.25, 0.3) is 6.08 Å². The first kappa shape index (κ1) is 14.9. The maximum atomic E-state index is 12.9. The van der Waals surface area contributed by atoms with E-state index < -0.39 is 0 Å². The van der Waals surface area contributed by atoms with Crippen LogP contribution in [-0.4, -0.2) is 35.6 Å². The van der Waals surface area contributed by atoms with Crippen LogP contribution < -0.4 is 0 Å². The van der Waals surface area contributed by atoms with E-state index >= 15 is 0 Å². The Balaban J connectivity index is 1.38. The zero-order chi connectivity index (χ0) is 15.8. The van der Waals surface area contributed by atoms with Crippen LogP contribution in [0.1, 0.15) is 24.8 Å². The topological polar surface area (TPSA) is 40.5 Å². The number of fused-ring (bicyclic) bond motifs is 5. The van der Waals surface area contributed by atoms with E-state index in [2.05, 4.69) is 18.2 Å². The van der Waals surface area contributed by atoms with Crippen LogP contribution in [0, 0.1) is 29.6 Å². The van der Waals surface area contributed by atoms with Gasteiger partial charge in [0.25, 0.3) is 0 Å². The van der Waals surface area contributed by atoms with Gasteiger partial charge in [-0.3, -0.25) is 4.79 Å². The molecule has 1 aromatic rings. The summed E-state index contributed by atoms with van der Waals surface area (Å²) < 4.78 is 0. The average molecular weight is 311 g/mol. The fourth-order valence-corrected chi connectivity index (χ4v) is 5.16. The van der Waals surface area contributed by atoms with Crippen molar-refractivity contribution < 1.29 is 9.90 Å². The molecular formula is C20H25NO2. The van der Waals surface area contributed by atoms with Crippen molar-refractivity contribution in [2.45, 2.75) is 19.3 Å². The molecule has 0 spiro atoms. The molecule has 1 amide bonds.